The molecule has 0 bridgehead atoms. The van der Waals surface area contributed by atoms with E-state index in [2.05, 4.69) is 9.80 Å². The summed E-state index contributed by atoms with van der Waals surface area (Å²) in [5, 5.41) is 0. The summed E-state index contributed by atoms with van der Waals surface area (Å²) < 4.78 is 19.1. The molecule has 0 saturated carbocycles. The zero-order chi connectivity index (χ0) is 20.5. The van der Waals surface area contributed by atoms with Crippen LogP contribution in [0.5, 0.6) is 0 Å². The van der Waals surface area contributed by atoms with Gasteiger partial charge in [0.1, 0.15) is 11.6 Å². The Bertz CT molecular complexity index is 941. The van der Waals surface area contributed by atoms with Crippen molar-refractivity contribution in [3.05, 3.63) is 46.9 Å². The monoisotopic (exact) mass is 411 g/mol. The maximum atomic E-state index is 13.6. The van der Waals surface area contributed by atoms with Crippen LogP contribution in [0.1, 0.15) is 34.5 Å². The summed E-state index contributed by atoms with van der Waals surface area (Å²) in [7, 11) is 0. The Labute approximate surface area is 175 Å². The highest BCUT2D eigenvalue weighted by atomic mass is 19.1. The van der Waals surface area contributed by atoms with Gasteiger partial charge in [-0.2, -0.15) is 4.98 Å². The van der Waals surface area contributed by atoms with Gasteiger partial charge in [0.2, 0.25) is 5.95 Å². The van der Waals surface area contributed by atoms with Crippen molar-refractivity contribution in [2.24, 2.45) is 0 Å². The molecule has 1 amide bonds. The molecule has 1 aromatic carbocycles. The molecule has 3 aliphatic rings. The number of rotatable bonds is 3. The van der Waals surface area contributed by atoms with Crippen molar-refractivity contribution in [1.82, 2.24) is 14.9 Å². The van der Waals surface area contributed by atoms with Gasteiger partial charge < -0.3 is 19.4 Å². The molecule has 1 aromatic heterocycles. The first-order valence-corrected chi connectivity index (χ1v) is 10.7. The van der Waals surface area contributed by atoms with E-state index in [0.717, 1.165) is 62.0 Å². The molecular weight excluding hydrogens is 385 g/mol. The fraction of sp³-hybridized carbons (Fsp3) is 0.500. The average molecular weight is 411 g/mol. The molecule has 0 radical (unpaired) electrons. The summed E-state index contributed by atoms with van der Waals surface area (Å²) in [6.45, 7) is 5.95. The first-order chi connectivity index (χ1) is 14.7. The fourth-order valence-electron chi connectivity index (χ4n) is 4.46. The maximum Gasteiger partial charge on any atom is 0.254 e. The number of benzene rings is 1. The predicted molar refractivity (Wildman–Crippen MR) is 111 cm³/mol. The average Bonchev–Trinajstić information content (AvgIpc) is 3.33. The van der Waals surface area contributed by atoms with Gasteiger partial charge in [-0.15, -0.1) is 0 Å². The molecule has 2 saturated heterocycles. The van der Waals surface area contributed by atoms with Gasteiger partial charge in [0.25, 0.3) is 5.91 Å². The number of hydrogen-bond acceptors (Lipinski definition) is 6. The van der Waals surface area contributed by atoms with Crippen molar-refractivity contribution < 1.29 is 13.9 Å². The van der Waals surface area contributed by atoms with Crippen LogP contribution in [0.4, 0.5) is 16.2 Å². The molecule has 5 rings (SSSR count). The number of carbonyl (C=O) groups is 1. The topological polar surface area (TPSA) is 61.8 Å². The number of ether oxygens (including phenoxy) is 1. The lowest BCUT2D eigenvalue weighted by Gasteiger charge is -2.34. The summed E-state index contributed by atoms with van der Waals surface area (Å²) in [5.74, 6) is 1.18. The van der Waals surface area contributed by atoms with Gasteiger partial charge in [0.05, 0.1) is 25.5 Å². The Morgan fingerprint density at radius 1 is 1.00 bits per heavy atom. The Morgan fingerprint density at radius 2 is 1.80 bits per heavy atom. The minimum Gasteiger partial charge on any atom is -0.378 e. The molecule has 158 valence electrons. The van der Waals surface area contributed by atoms with Crippen LogP contribution in [0, 0.1) is 5.82 Å². The van der Waals surface area contributed by atoms with Gasteiger partial charge in [0, 0.05) is 50.3 Å². The van der Waals surface area contributed by atoms with E-state index in [9.17, 15) is 9.18 Å². The molecule has 2 fully saturated rings. The maximum absolute atomic E-state index is 13.6. The normalized spacial score (nSPS) is 19.2. The van der Waals surface area contributed by atoms with Crippen LogP contribution in [0.3, 0.4) is 0 Å². The number of amides is 1. The van der Waals surface area contributed by atoms with Gasteiger partial charge in [-0.3, -0.25) is 4.79 Å². The van der Waals surface area contributed by atoms with Gasteiger partial charge in [0.15, 0.2) is 0 Å². The standard InChI is InChI=1S/C22H26FN5O2/c23-17-5-3-4-16(14-17)21(29)28-9-6-19-18(15-28)20(26-7-1-2-8-26)25-22(24-19)27-10-12-30-13-11-27/h3-5,14H,1-2,6-13,15H2. The predicted octanol–water partition coefficient (Wildman–Crippen LogP) is 2.25. The van der Waals surface area contributed by atoms with Crippen LogP contribution in [0.25, 0.3) is 0 Å². The quantitative estimate of drug-likeness (QED) is 0.772. The number of carbonyl (C=O) groups excluding carboxylic acids is 1. The summed E-state index contributed by atoms with van der Waals surface area (Å²) in [4.78, 5) is 29.1. The number of aromatic nitrogens is 2. The lowest BCUT2D eigenvalue weighted by molar-refractivity contribution is 0.0733. The van der Waals surface area contributed by atoms with E-state index in [-0.39, 0.29) is 5.91 Å². The van der Waals surface area contributed by atoms with Gasteiger partial charge >= 0.3 is 0 Å². The summed E-state index contributed by atoms with van der Waals surface area (Å²) in [6, 6.07) is 5.90. The summed E-state index contributed by atoms with van der Waals surface area (Å²) in [5.41, 5.74) is 2.44. The zero-order valence-electron chi connectivity index (χ0n) is 17.0. The number of anilines is 2. The second-order valence-electron chi connectivity index (χ2n) is 8.05. The molecule has 0 spiro atoms. The van der Waals surface area contributed by atoms with Crippen molar-refractivity contribution in [2.75, 3.05) is 55.7 Å². The third kappa shape index (κ3) is 3.71. The van der Waals surface area contributed by atoms with Gasteiger partial charge in [-0.1, -0.05) is 6.07 Å². The van der Waals surface area contributed by atoms with Gasteiger partial charge in [-0.25, -0.2) is 9.37 Å². The number of morpholine rings is 1. The number of halogens is 1. The van der Waals surface area contributed by atoms with Crippen molar-refractivity contribution in [2.45, 2.75) is 25.8 Å². The largest absolute Gasteiger partial charge is 0.378 e. The molecule has 8 heteroatoms. The SMILES string of the molecule is O=C(c1cccc(F)c1)N1CCc2nc(N3CCOCC3)nc(N3CCCC3)c2C1. The van der Waals surface area contributed by atoms with E-state index >= 15 is 0 Å². The zero-order valence-corrected chi connectivity index (χ0v) is 17.0. The van der Waals surface area contributed by atoms with Crippen molar-refractivity contribution in [3.8, 4) is 0 Å². The van der Waals surface area contributed by atoms with E-state index in [1.807, 2.05) is 0 Å². The molecule has 0 unspecified atom stereocenters. The van der Waals surface area contributed by atoms with E-state index < -0.39 is 5.82 Å². The molecule has 0 N–H and O–H groups in total. The van der Waals surface area contributed by atoms with Crippen LogP contribution in [-0.2, 0) is 17.7 Å². The Kier molecular flexibility index (Phi) is 5.25. The van der Waals surface area contributed by atoms with Crippen LogP contribution in [0.15, 0.2) is 24.3 Å². The molecule has 0 atom stereocenters. The van der Waals surface area contributed by atoms with Crippen molar-refractivity contribution >= 4 is 17.7 Å². The highest BCUT2D eigenvalue weighted by Gasteiger charge is 2.30. The molecule has 4 heterocycles. The highest BCUT2D eigenvalue weighted by molar-refractivity contribution is 5.94. The van der Waals surface area contributed by atoms with Crippen LogP contribution in [0.2, 0.25) is 0 Å². The molecule has 7 nitrogen and oxygen atoms in total. The Morgan fingerprint density at radius 3 is 2.57 bits per heavy atom. The van der Waals surface area contributed by atoms with E-state index in [4.69, 9.17) is 14.7 Å². The number of fused-ring (bicyclic) bond motifs is 1. The Balaban J connectivity index is 1.47. The van der Waals surface area contributed by atoms with E-state index in [1.165, 1.54) is 12.1 Å². The second-order valence-corrected chi connectivity index (χ2v) is 8.05. The van der Waals surface area contributed by atoms with Gasteiger partial charge in [-0.05, 0) is 31.0 Å². The first kappa shape index (κ1) is 19.2. The highest BCUT2D eigenvalue weighted by Crippen LogP contribution is 2.31. The Hall–Kier alpha value is -2.74. The molecule has 0 aliphatic carbocycles. The minimum absolute atomic E-state index is 0.148. The van der Waals surface area contributed by atoms with E-state index in [0.29, 0.717) is 38.3 Å². The van der Waals surface area contributed by atoms with Crippen molar-refractivity contribution in [1.29, 1.82) is 0 Å². The third-order valence-electron chi connectivity index (χ3n) is 6.08. The lowest BCUT2D eigenvalue weighted by Crippen LogP contribution is -2.40. The molecule has 30 heavy (non-hydrogen) atoms. The van der Waals surface area contributed by atoms with Crippen LogP contribution >= 0.6 is 0 Å². The number of hydrogen-bond donors (Lipinski definition) is 0. The molecule has 2 aromatic rings. The molecular formula is C22H26FN5O2. The smallest absolute Gasteiger partial charge is 0.254 e. The first-order valence-electron chi connectivity index (χ1n) is 10.7. The van der Waals surface area contributed by atoms with Crippen molar-refractivity contribution in [3.63, 3.8) is 0 Å². The second kappa shape index (κ2) is 8.18. The minimum atomic E-state index is -0.394. The lowest BCUT2D eigenvalue weighted by atomic mass is 10.0. The van der Waals surface area contributed by atoms with Crippen LogP contribution in [-0.4, -0.2) is 66.7 Å². The summed E-state index contributed by atoms with van der Waals surface area (Å²) >= 11 is 0. The number of nitrogens with zero attached hydrogens (tertiary/aromatic N) is 5. The summed E-state index contributed by atoms with van der Waals surface area (Å²) in [6.07, 6.45) is 2.98. The van der Waals surface area contributed by atoms with E-state index in [1.54, 1.807) is 17.0 Å². The molecule has 3 aliphatic heterocycles. The van der Waals surface area contributed by atoms with Crippen LogP contribution < -0.4 is 9.80 Å². The third-order valence-corrected chi connectivity index (χ3v) is 6.08. The fourth-order valence-corrected chi connectivity index (χ4v) is 4.46.